The largest absolute Gasteiger partial charge is 0.478 e. The van der Waals surface area contributed by atoms with Crippen LogP contribution in [0.25, 0.3) is 0 Å². The third kappa shape index (κ3) is 3.00. The van der Waals surface area contributed by atoms with Crippen LogP contribution in [0.2, 0.25) is 0 Å². The number of carboxylic acid groups (broad SMARTS) is 1. The van der Waals surface area contributed by atoms with Crippen LogP contribution < -0.4 is 5.32 Å². The molecule has 0 spiro atoms. The fourth-order valence-electron chi connectivity index (χ4n) is 2.98. The Morgan fingerprint density at radius 3 is 2.61 bits per heavy atom. The zero-order chi connectivity index (χ0) is 13.1. The second-order valence-corrected chi connectivity index (χ2v) is 5.49. The number of hydrogen-bond acceptors (Lipinski definition) is 3. The summed E-state index contributed by atoms with van der Waals surface area (Å²) in [7, 11) is 0. The smallest absolute Gasteiger partial charge is 0.337 e. The summed E-state index contributed by atoms with van der Waals surface area (Å²) in [6, 6.07) is 1.89. The molecule has 1 heterocycles. The van der Waals surface area contributed by atoms with Gasteiger partial charge < -0.3 is 10.4 Å². The summed E-state index contributed by atoms with van der Waals surface area (Å²) in [5.41, 5.74) is 0.937. The normalized spacial score (nSPS) is 27.8. The molecular weight excluding hydrogens is 228 g/mol. The summed E-state index contributed by atoms with van der Waals surface area (Å²) in [5.74, 6) is 0.476. The minimum absolute atomic E-state index is 0.302. The van der Waals surface area contributed by atoms with E-state index >= 15 is 0 Å². The van der Waals surface area contributed by atoms with Gasteiger partial charge in [-0.15, -0.1) is 0 Å². The third-order valence-electron chi connectivity index (χ3n) is 3.59. The molecule has 18 heavy (non-hydrogen) atoms. The first kappa shape index (κ1) is 12.9. The minimum Gasteiger partial charge on any atom is -0.478 e. The molecule has 0 aliphatic heterocycles. The van der Waals surface area contributed by atoms with Crippen molar-refractivity contribution >= 4 is 11.7 Å². The summed E-state index contributed by atoms with van der Waals surface area (Å²) < 4.78 is 0. The highest BCUT2D eigenvalue weighted by Crippen LogP contribution is 2.30. The molecule has 1 aromatic rings. The Morgan fingerprint density at radius 2 is 2.00 bits per heavy atom. The lowest BCUT2D eigenvalue weighted by Gasteiger charge is -2.32. The lowest BCUT2D eigenvalue weighted by Crippen LogP contribution is -2.30. The zero-order valence-corrected chi connectivity index (χ0v) is 10.9. The Hall–Kier alpha value is -1.58. The van der Waals surface area contributed by atoms with Crippen molar-refractivity contribution in [3.8, 4) is 0 Å². The van der Waals surface area contributed by atoms with Crippen LogP contribution in [0.3, 0.4) is 0 Å². The van der Waals surface area contributed by atoms with E-state index in [9.17, 15) is 4.79 Å². The SMILES string of the molecule is CC1CC(C)CC(Nc2cnccc2C(=O)O)C1. The topological polar surface area (TPSA) is 62.2 Å². The van der Waals surface area contributed by atoms with Gasteiger partial charge in [0.1, 0.15) is 0 Å². The molecule has 98 valence electrons. The maximum atomic E-state index is 11.1. The molecule has 2 atom stereocenters. The number of aromatic carboxylic acids is 1. The lowest BCUT2D eigenvalue weighted by molar-refractivity contribution is 0.0697. The Morgan fingerprint density at radius 1 is 1.33 bits per heavy atom. The number of aromatic nitrogens is 1. The molecule has 4 heteroatoms. The van der Waals surface area contributed by atoms with Crippen LogP contribution in [0.1, 0.15) is 43.5 Å². The Balaban J connectivity index is 2.11. The van der Waals surface area contributed by atoms with E-state index in [2.05, 4.69) is 24.1 Å². The van der Waals surface area contributed by atoms with Crippen molar-refractivity contribution in [2.24, 2.45) is 11.8 Å². The number of rotatable bonds is 3. The minimum atomic E-state index is -0.906. The Bertz CT molecular complexity index is 424. The molecular formula is C14H20N2O2. The molecule has 4 nitrogen and oxygen atoms in total. The van der Waals surface area contributed by atoms with Crippen molar-refractivity contribution in [3.63, 3.8) is 0 Å². The van der Waals surface area contributed by atoms with Crippen LogP contribution in [0.15, 0.2) is 18.5 Å². The van der Waals surface area contributed by atoms with E-state index in [-0.39, 0.29) is 0 Å². The summed E-state index contributed by atoms with van der Waals surface area (Å²) in [6.45, 7) is 4.51. The number of anilines is 1. The summed E-state index contributed by atoms with van der Waals surface area (Å²) >= 11 is 0. The number of carbonyl (C=O) groups is 1. The van der Waals surface area contributed by atoms with E-state index < -0.39 is 5.97 Å². The van der Waals surface area contributed by atoms with Crippen LogP contribution in [-0.4, -0.2) is 22.1 Å². The van der Waals surface area contributed by atoms with E-state index in [0.29, 0.717) is 29.1 Å². The molecule has 1 saturated carbocycles. The predicted octanol–water partition coefficient (Wildman–Crippen LogP) is 3.02. The van der Waals surface area contributed by atoms with E-state index in [1.807, 2.05) is 0 Å². The van der Waals surface area contributed by atoms with Crippen molar-refractivity contribution in [2.45, 2.75) is 39.2 Å². The molecule has 2 rings (SSSR count). The van der Waals surface area contributed by atoms with Gasteiger partial charge in [-0.2, -0.15) is 0 Å². The molecule has 0 amide bonds. The van der Waals surface area contributed by atoms with Crippen LogP contribution >= 0.6 is 0 Å². The van der Waals surface area contributed by atoms with Gasteiger partial charge in [-0.05, 0) is 37.2 Å². The van der Waals surface area contributed by atoms with Crippen molar-refractivity contribution in [1.29, 1.82) is 0 Å². The van der Waals surface area contributed by atoms with Crippen LogP contribution in [0, 0.1) is 11.8 Å². The highest BCUT2D eigenvalue weighted by atomic mass is 16.4. The average molecular weight is 248 g/mol. The van der Waals surface area contributed by atoms with Crippen molar-refractivity contribution < 1.29 is 9.90 Å². The van der Waals surface area contributed by atoms with E-state index in [1.54, 1.807) is 12.3 Å². The van der Waals surface area contributed by atoms with Gasteiger partial charge in [-0.1, -0.05) is 13.8 Å². The number of carboxylic acids is 1. The molecule has 0 aromatic carbocycles. The van der Waals surface area contributed by atoms with Crippen molar-refractivity contribution in [2.75, 3.05) is 5.32 Å². The van der Waals surface area contributed by atoms with Crippen molar-refractivity contribution in [1.82, 2.24) is 4.98 Å². The second-order valence-electron chi connectivity index (χ2n) is 5.49. The van der Waals surface area contributed by atoms with Crippen LogP contribution in [-0.2, 0) is 0 Å². The quantitative estimate of drug-likeness (QED) is 0.863. The first-order valence-corrected chi connectivity index (χ1v) is 6.50. The van der Waals surface area contributed by atoms with Gasteiger partial charge in [-0.25, -0.2) is 4.79 Å². The number of hydrogen-bond donors (Lipinski definition) is 2. The van der Waals surface area contributed by atoms with Crippen LogP contribution in [0.4, 0.5) is 5.69 Å². The fraction of sp³-hybridized carbons (Fsp3) is 0.571. The molecule has 1 aromatic heterocycles. The van der Waals surface area contributed by atoms with Gasteiger partial charge in [0.25, 0.3) is 0 Å². The monoisotopic (exact) mass is 248 g/mol. The molecule has 0 bridgehead atoms. The number of nitrogens with one attached hydrogen (secondary N) is 1. The summed E-state index contributed by atoms with van der Waals surface area (Å²) in [6.07, 6.45) is 6.57. The third-order valence-corrected chi connectivity index (χ3v) is 3.59. The zero-order valence-electron chi connectivity index (χ0n) is 10.9. The van der Waals surface area contributed by atoms with E-state index in [4.69, 9.17) is 5.11 Å². The van der Waals surface area contributed by atoms with Gasteiger partial charge >= 0.3 is 5.97 Å². The first-order chi connectivity index (χ1) is 8.56. The number of pyridine rings is 1. The van der Waals surface area contributed by atoms with Crippen LogP contribution in [0.5, 0.6) is 0 Å². The maximum absolute atomic E-state index is 11.1. The lowest BCUT2D eigenvalue weighted by atomic mass is 9.80. The first-order valence-electron chi connectivity index (χ1n) is 6.50. The van der Waals surface area contributed by atoms with E-state index in [0.717, 1.165) is 12.8 Å². The van der Waals surface area contributed by atoms with Crippen molar-refractivity contribution in [3.05, 3.63) is 24.0 Å². The van der Waals surface area contributed by atoms with E-state index in [1.165, 1.54) is 12.6 Å². The molecule has 0 saturated heterocycles. The fourth-order valence-corrected chi connectivity index (χ4v) is 2.98. The standard InChI is InChI=1S/C14H20N2O2/c1-9-5-10(2)7-11(6-9)16-13-8-15-4-3-12(13)14(17)18/h3-4,8-11,16H,5-7H2,1-2H3,(H,17,18). The molecule has 1 fully saturated rings. The Kier molecular flexibility index (Phi) is 3.84. The average Bonchev–Trinajstić information content (AvgIpc) is 2.27. The van der Waals surface area contributed by atoms with Gasteiger partial charge in [0, 0.05) is 12.2 Å². The highest BCUT2D eigenvalue weighted by molar-refractivity contribution is 5.93. The van der Waals surface area contributed by atoms with Gasteiger partial charge in [-0.3, -0.25) is 4.98 Å². The van der Waals surface area contributed by atoms with Gasteiger partial charge in [0.2, 0.25) is 0 Å². The molecule has 2 N–H and O–H groups in total. The molecule has 0 radical (unpaired) electrons. The maximum Gasteiger partial charge on any atom is 0.337 e. The molecule has 1 aliphatic rings. The highest BCUT2D eigenvalue weighted by Gasteiger charge is 2.24. The molecule has 1 aliphatic carbocycles. The Labute approximate surface area is 107 Å². The van der Waals surface area contributed by atoms with Gasteiger partial charge in [0.15, 0.2) is 0 Å². The number of nitrogens with zero attached hydrogens (tertiary/aromatic N) is 1. The summed E-state index contributed by atoms with van der Waals surface area (Å²) in [5, 5.41) is 12.5. The molecule has 2 unspecified atom stereocenters. The predicted molar refractivity (Wildman–Crippen MR) is 70.8 cm³/mol. The second kappa shape index (κ2) is 5.38. The van der Waals surface area contributed by atoms with Gasteiger partial charge in [0.05, 0.1) is 17.4 Å². The summed E-state index contributed by atoms with van der Waals surface area (Å²) in [4.78, 5) is 15.1.